The maximum atomic E-state index is 13.4. The van der Waals surface area contributed by atoms with Crippen molar-refractivity contribution in [1.29, 1.82) is 0 Å². The van der Waals surface area contributed by atoms with Crippen molar-refractivity contribution in [3.05, 3.63) is 64.6 Å². The van der Waals surface area contributed by atoms with E-state index in [-0.39, 0.29) is 22.7 Å². The lowest BCUT2D eigenvalue weighted by molar-refractivity contribution is 0.0926. The summed E-state index contributed by atoms with van der Waals surface area (Å²) in [5.41, 5.74) is 1.41. The van der Waals surface area contributed by atoms with E-state index in [1.165, 1.54) is 12.1 Å². The van der Waals surface area contributed by atoms with Crippen LogP contribution in [0.4, 0.5) is 4.39 Å². The Morgan fingerprint density at radius 2 is 2.14 bits per heavy atom. The number of carbonyl (C=O) groups excluding carboxylic acids is 1. The first kappa shape index (κ1) is 18.6. The summed E-state index contributed by atoms with van der Waals surface area (Å²) in [6.45, 7) is 1.71. The SMILES string of the molecule is Cc1nc(C(CC2CC2)NC(=O)c2cccc(-c3ccc(F)c(Cl)c3)n2)no1. The van der Waals surface area contributed by atoms with Crippen molar-refractivity contribution in [2.75, 3.05) is 0 Å². The van der Waals surface area contributed by atoms with Crippen LogP contribution in [0.25, 0.3) is 11.3 Å². The zero-order chi connectivity index (χ0) is 19.7. The van der Waals surface area contributed by atoms with E-state index in [2.05, 4.69) is 20.4 Å². The lowest BCUT2D eigenvalue weighted by Crippen LogP contribution is -2.30. The number of rotatable bonds is 6. The molecule has 1 saturated carbocycles. The van der Waals surface area contributed by atoms with Crippen LogP contribution in [0, 0.1) is 18.7 Å². The average molecular weight is 401 g/mol. The third kappa shape index (κ3) is 4.20. The molecule has 3 aromatic rings. The zero-order valence-electron chi connectivity index (χ0n) is 15.2. The fraction of sp³-hybridized carbons (Fsp3) is 0.300. The first-order valence-corrected chi connectivity index (χ1v) is 9.41. The molecule has 28 heavy (non-hydrogen) atoms. The minimum atomic E-state index is -0.502. The number of pyridine rings is 1. The number of aromatic nitrogens is 3. The van der Waals surface area contributed by atoms with Gasteiger partial charge in [0.2, 0.25) is 5.89 Å². The summed E-state index contributed by atoms with van der Waals surface area (Å²) in [7, 11) is 0. The van der Waals surface area contributed by atoms with E-state index in [0.29, 0.717) is 28.9 Å². The van der Waals surface area contributed by atoms with Crippen LogP contribution in [0.1, 0.15) is 47.5 Å². The minimum absolute atomic E-state index is 0.00567. The van der Waals surface area contributed by atoms with Crippen molar-refractivity contribution in [3.8, 4) is 11.3 Å². The molecule has 0 bridgehead atoms. The maximum Gasteiger partial charge on any atom is 0.270 e. The second kappa shape index (κ2) is 7.67. The molecule has 0 aliphatic heterocycles. The standard InChI is InChI=1S/C20H18ClFN4O2/c1-11-23-19(26-28-11)18(9-12-5-6-12)25-20(27)17-4-2-3-16(24-17)13-7-8-15(22)14(21)10-13/h2-4,7-8,10,12,18H,5-6,9H2,1H3,(H,25,27). The topological polar surface area (TPSA) is 80.9 Å². The van der Waals surface area contributed by atoms with Crippen LogP contribution in [-0.2, 0) is 0 Å². The Bertz CT molecular complexity index is 1020. The predicted molar refractivity (Wildman–Crippen MR) is 101 cm³/mol. The van der Waals surface area contributed by atoms with Gasteiger partial charge in [0.15, 0.2) is 5.82 Å². The largest absolute Gasteiger partial charge is 0.341 e. The highest BCUT2D eigenvalue weighted by Gasteiger charge is 2.30. The van der Waals surface area contributed by atoms with Crippen LogP contribution in [0.5, 0.6) is 0 Å². The van der Waals surface area contributed by atoms with Gasteiger partial charge in [-0.1, -0.05) is 35.7 Å². The molecule has 8 heteroatoms. The van der Waals surface area contributed by atoms with Gasteiger partial charge in [-0.2, -0.15) is 4.98 Å². The molecule has 0 radical (unpaired) electrons. The molecule has 1 amide bonds. The van der Waals surface area contributed by atoms with E-state index in [1.807, 2.05) is 0 Å². The highest BCUT2D eigenvalue weighted by Crippen LogP contribution is 2.37. The van der Waals surface area contributed by atoms with Gasteiger partial charge in [-0.05, 0) is 42.7 Å². The Labute approximate surface area is 166 Å². The number of nitrogens with zero attached hydrogens (tertiary/aromatic N) is 3. The van der Waals surface area contributed by atoms with Crippen molar-refractivity contribution < 1.29 is 13.7 Å². The lowest BCUT2D eigenvalue weighted by atomic mass is 10.1. The molecular formula is C20H18ClFN4O2. The number of hydrogen-bond acceptors (Lipinski definition) is 5. The van der Waals surface area contributed by atoms with Crippen LogP contribution in [-0.4, -0.2) is 21.0 Å². The Kier molecular flexibility index (Phi) is 5.09. The summed E-state index contributed by atoms with van der Waals surface area (Å²) in [5.74, 6) is 0.656. The molecule has 0 spiro atoms. The van der Waals surface area contributed by atoms with Crippen LogP contribution in [0.15, 0.2) is 40.9 Å². The number of aryl methyl sites for hydroxylation is 1. The van der Waals surface area contributed by atoms with Gasteiger partial charge in [-0.15, -0.1) is 0 Å². The molecule has 144 valence electrons. The molecule has 6 nitrogen and oxygen atoms in total. The van der Waals surface area contributed by atoms with Crippen LogP contribution >= 0.6 is 11.6 Å². The van der Waals surface area contributed by atoms with E-state index in [0.717, 1.165) is 19.3 Å². The highest BCUT2D eigenvalue weighted by atomic mass is 35.5. The minimum Gasteiger partial charge on any atom is -0.341 e. The highest BCUT2D eigenvalue weighted by molar-refractivity contribution is 6.31. The summed E-state index contributed by atoms with van der Waals surface area (Å²) in [4.78, 5) is 21.5. The summed E-state index contributed by atoms with van der Waals surface area (Å²) < 4.78 is 18.5. The fourth-order valence-electron chi connectivity index (χ4n) is 2.98. The number of hydrogen-bond donors (Lipinski definition) is 1. The normalized spacial score (nSPS) is 14.7. The smallest absolute Gasteiger partial charge is 0.270 e. The molecule has 2 heterocycles. The zero-order valence-corrected chi connectivity index (χ0v) is 15.9. The quantitative estimate of drug-likeness (QED) is 0.658. The van der Waals surface area contributed by atoms with Gasteiger partial charge in [0, 0.05) is 12.5 Å². The first-order valence-electron chi connectivity index (χ1n) is 9.03. The Balaban J connectivity index is 1.55. The molecule has 1 atom stereocenters. The van der Waals surface area contributed by atoms with Crippen LogP contribution in [0.2, 0.25) is 5.02 Å². The van der Waals surface area contributed by atoms with Gasteiger partial charge in [-0.25, -0.2) is 9.37 Å². The molecule has 1 aliphatic rings. The first-order chi connectivity index (χ1) is 13.5. The van der Waals surface area contributed by atoms with Crippen molar-refractivity contribution in [1.82, 2.24) is 20.4 Å². The van der Waals surface area contributed by atoms with Crippen LogP contribution < -0.4 is 5.32 Å². The van der Waals surface area contributed by atoms with Crippen LogP contribution in [0.3, 0.4) is 0 Å². The van der Waals surface area contributed by atoms with E-state index in [9.17, 15) is 9.18 Å². The third-order valence-electron chi connectivity index (χ3n) is 4.62. The van der Waals surface area contributed by atoms with Crippen molar-refractivity contribution >= 4 is 17.5 Å². The summed E-state index contributed by atoms with van der Waals surface area (Å²) in [6.07, 6.45) is 3.04. The second-order valence-electron chi connectivity index (χ2n) is 6.91. The average Bonchev–Trinajstić information content (AvgIpc) is 3.41. The Morgan fingerprint density at radius 3 is 2.82 bits per heavy atom. The van der Waals surface area contributed by atoms with Crippen molar-refractivity contribution in [2.24, 2.45) is 5.92 Å². The molecule has 1 unspecified atom stereocenters. The maximum absolute atomic E-state index is 13.4. The molecule has 1 N–H and O–H groups in total. The number of carbonyl (C=O) groups is 1. The second-order valence-corrected chi connectivity index (χ2v) is 7.32. The summed E-state index contributed by atoms with van der Waals surface area (Å²) in [5, 5.41) is 6.92. The number of amides is 1. The van der Waals surface area contributed by atoms with Crippen molar-refractivity contribution in [3.63, 3.8) is 0 Å². The molecule has 0 saturated heterocycles. The van der Waals surface area contributed by atoms with Gasteiger partial charge in [0.1, 0.15) is 11.5 Å². The van der Waals surface area contributed by atoms with E-state index < -0.39 is 5.82 Å². The number of benzene rings is 1. The molecule has 1 fully saturated rings. The van der Waals surface area contributed by atoms with Gasteiger partial charge < -0.3 is 9.84 Å². The van der Waals surface area contributed by atoms with Gasteiger partial charge >= 0.3 is 0 Å². The van der Waals surface area contributed by atoms with E-state index in [4.69, 9.17) is 16.1 Å². The predicted octanol–water partition coefficient (Wildman–Crippen LogP) is 4.50. The number of nitrogens with one attached hydrogen (secondary N) is 1. The van der Waals surface area contributed by atoms with Gasteiger partial charge in [-0.3, -0.25) is 4.79 Å². The van der Waals surface area contributed by atoms with Gasteiger partial charge in [0.25, 0.3) is 5.91 Å². The Morgan fingerprint density at radius 1 is 1.32 bits per heavy atom. The molecule has 2 aromatic heterocycles. The molecular weight excluding hydrogens is 383 g/mol. The fourth-order valence-corrected chi connectivity index (χ4v) is 3.16. The van der Waals surface area contributed by atoms with Gasteiger partial charge in [0.05, 0.1) is 16.8 Å². The third-order valence-corrected chi connectivity index (χ3v) is 4.91. The Hall–Kier alpha value is -2.80. The van der Waals surface area contributed by atoms with Crippen molar-refractivity contribution in [2.45, 2.75) is 32.2 Å². The lowest BCUT2D eigenvalue weighted by Gasteiger charge is -2.15. The van der Waals surface area contributed by atoms with E-state index in [1.54, 1.807) is 31.2 Å². The molecule has 1 aromatic carbocycles. The number of halogens is 2. The summed E-state index contributed by atoms with van der Waals surface area (Å²) in [6, 6.07) is 9.09. The molecule has 1 aliphatic carbocycles. The molecule has 4 rings (SSSR count). The monoisotopic (exact) mass is 400 g/mol. The van der Waals surface area contributed by atoms with E-state index >= 15 is 0 Å². The summed E-state index contributed by atoms with van der Waals surface area (Å²) >= 11 is 5.85.